The Morgan fingerprint density at radius 2 is 1.35 bits per heavy atom. The SMILES string of the molecule is CCCN(Cc1ccc2ccc3cccc4ccc1c2c34)S(=O)(=O)c1ccc(C)cc1. The van der Waals surface area contributed by atoms with Crippen molar-refractivity contribution in [3.8, 4) is 0 Å². The van der Waals surface area contributed by atoms with Crippen molar-refractivity contribution < 1.29 is 8.42 Å². The van der Waals surface area contributed by atoms with Gasteiger partial charge < -0.3 is 0 Å². The highest BCUT2D eigenvalue weighted by Gasteiger charge is 2.25. The van der Waals surface area contributed by atoms with E-state index in [1.54, 1.807) is 16.4 Å². The van der Waals surface area contributed by atoms with Gasteiger partial charge >= 0.3 is 0 Å². The summed E-state index contributed by atoms with van der Waals surface area (Å²) in [5.41, 5.74) is 2.09. The normalized spacial score (nSPS) is 12.5. The van der Waals surface area contributed by atoms with Crippen LogP contribution in [0.5, 0.6) is 0 Å². The van der Waals surface area contributed by atoms with Gasteiger partial charge in [-0.1, -0.05) is 79.2 Å². The first kappa shape index (κ1) is 20.0. The molecular weight excluding hydrogens is 402 g/mol. The molecule has 5 rings (SSSR count). The maximum Gasteiger partial charge on any atom is 0.243 e. The quantitative estimate of drug-likeness (QED) is 0.290. The van der Waals surface area contributed by atoms with Gasteiger partial charge in [-0.3, -0.25) is 0 Å². The van der Waals surface area contributed by atoms with Crippen LogP contribution in [0.2, 0.25) is 0 Å². The third-order valence-corrected chi connectivity index (χ3v) is 7.96. The van der Waals surface area contributed by atoms with Crippen LogP contribution < -0.4 is 0 Å². The molecule has 0 heterocycles. The fraction of sp³-hybridized carbons (Fsp3) is 0.185. The Balaban J connectivity index is 1.64. The smallest absolute Gasteiger partial charge is 0.207 e. The van der Waals surface area contributed by atoms with E-state index in [1.165, 1.54) is 26.9 Å². The van der Waals surface area contributed by atoms with E-state index in [4.69, 9.17) is 0 Å². The minimum Gasteiger partial charge on any atom is -0.207 e. The van der Waals surface area contributed by atoms with Gasteiger partial charge in [-0.2, -0.15) is 4.31 Å². The van der Waals surface area contributed by atoms with Gasteiger partial charge in [-0.25, -0.2) is 8.42 Å². The van der Waals surface area contributed by atoms with E-state index in [2.05, 4.69) is 54.6 Å². The molecule has 4 heteroatoms. The van der Waals surface area contributed by atoms with Crippen molar-refractivity contribution in [2.75, 3.05) is 6.54 Å². The predicted octanol–water partition coefficient (Wildman–Crippen LogP) is 6.49. The maximum absolute atomic E-state index is 13.4. The Morgan fingerprint density at radius 3 is 2.03 bits per heavy atom. The van der Waals surface area contributed by atoms with Crippen molar-refractivity contribution in [2.45, 2.75) is 31.7 Å². The number of sulfonamides is 1. The Morgan fingerprint density at radius 1 is 0.742 bits per heavy atom. The lowest BCUT2D eigenvalue weighted by Crippen LogP contribution is -2.31. The number of rotatable bonds is 6. The molecule has 0 radical (unpaired) electrons. The van der Waals surface area contributed by atoms with Crippen LogP contribution in [0.1, 0.15) is 24.5 Å². The van der Waals surface area contributed by atoms with Crippen LogP contribution in [0.25, 0.3) is 32.3 Å². The second-order valence-corrected chi connectivity index (χ2v) is 10.2. The van der Waals surface area contributed by atoms with E-state index < -0.39 is 10.0 Å². The van der Waals surface area contributed by atoms with Crippen LogP contribution in [0, 0.1) is 6.92 Å². The van der Waals surface area contributed by atoms with Gasteiger partial charge in [0.1, 0.15) is 0 Å². The van der Waals surface area contributed by atoms with E-state index in [0.717, 1.165) is 22.9 Å². The molecule has 0 atom stereocenters. The monoisotopic (exact) mass is 427 g/mol. The molecule has 0 aliphatic carbocycles. The predicted molar refractivity (Wildman–Crippen MR) is 129 cm³/mol. The molecule has 156 valence electrons. The summed E-state index contributed by atoms with van der Waals surface area (Å²) in [7, 11) is -3.57. The molecule has 0 fully saturated rings. The van der Waals surface area contributed by atoms with E-state index >= 15 is 0 Å². The maximum atomic E-state index is 13.4. The first-order chi connectivity index (χ1) is 15.0. The number of nitrogens with zero attached hydrogens (tertiary/aromatic N) is 1. The molecule has 0 aliphatic rings. The van der Waals surface area contributed by atoms with E-state index in [9.17, 15) is 8.42 Å². The van der Waals surface area contributed by atoms with Crippen molar-refractivity contribution in [3.05, 3.63) is 90.0 Å². The summed E-state index contributed by atoms with van der Waals surface area (Å²) >= 11 is 0. The lowest BCUT2D eigenvalue weighted by atomic mass is 9.92. The summed E-state index contributed by atoms with van der Waals surface area (Å²) in [5, 5.41) is 7.21. The van der Waals surface area contributed by atoms with Crippen LogP contribution in [-0.2, 0) is 16.6 Å². The summed E-state index contributed by atoms with van der Waals surface area (Å²) in [6, 6.07) is 26.3. The summed E-state index contributed by atoms with van der Waals surface area (Å²) in [6.07, 6.45) is 0.761. The zero-order valence-corrected chi connectivity index (χ0v) is 18.6. The third kappa shape index (κ3) is 3.36. The number of benzene rings is 5. The largest absolute Gasteiger partial charge is 0.243 e. The minimum atomic E-state index is -3.57. The Labute approximate surface area is 183 Å². The molecule has 0 bridgehead atoms. The fourth-order valence-electron chi connectivity index (χ4n) is 4.52. The lowest BCUT2D eigenvalue weighted by molar-refractivity contribution is 0.407. The van der Waals surface area contributed by atoms with Crippen LogP contribution in [0.3, 0.4) is 0 Å². The summed E-state index contributed by atoms with van der Waals surface area (Å²) in [6.45, 7) is 4.82. The van der Waals surface area contributed by atoms with Crippen LogP contribution >= 0.6 is 0 Å². The Kier molecular flexibility index (Phi) is 4.92. The first-order valence-electron chi connectivity index (χ1n) is 10.7. The molecule has 0 amide bonds. The third-order valence-electron chi connectivity index (χ3n) is 6.10. The second kappa shape index (κ2) is 7.63. The molecule has 0 aromatic heterocycles. The molecule has 0 unspecified atom stereocenters. The zero-order chi connectivity index (χ0) is 21.6. The summed E-state index contributed by atoms with van der Waals surface area (Å²) < 4.78 is 28.5. The van der Waals surface area contributed by atoms with Crippen molar-refractivity contribution in [1.29, 1.82) is 0 Å². The van der Waals surface area contributed by atoms with Gasteiger partial charge in [0.2, 0.25) is 10.0 Å². The summed E-state index contributed by atoms with van der Waals surface area (Å²) in [4.78, 5) is 0.351. The molecule has 3 nitrogen and oxygen atoms in total. The zero-order valence-electron chi connectivity index (χ0n) is 17.8. The fourth-order valence-corrected chi connectivity index (χ4v) is 6.03. The van der Waals surface area contributed by atoms with Crippen molar-refractivity contribution in [1.82, 2.24) is 4.31 Å². The Bertz CT molecular complexity index is 1470. The van der Waals surface area contributed by atoms with Crippen LogP contribution in [0.4, 0.5) is 0 Å². The molecule has 0 N–H and O–H groups in total. The highest BCUT2D eigenvalue weighted by molar-refractivity contribution is 7.89. The average Bonchev–Trinajstić information content (AvgIpc) is 2.78. The van der Waals surface area contributed by atoms with Crippen LogP contribution in [0.15, 0.2) is 83.8 Å². The molecule has 5 aromatic rings. The molecule has 31 heavy (non-hydrogen) atoms. The lowest BCUT2D eigenvalue weighted by Gasteiger charge is -2.23. The highest BCUT2D eigenvalue weighted by Crippen LogP contribution is 2.36. The van der Waals surface area contributed by atoms with E-state index in [1.807, 2.05) is 26.0 Å². The molecule has 5 aromatic carbocycles. The van der Waals surface area contributed by atoms with Gasteiger partial charge in [-0.15, -0.1) is 0 Å². The minimum absolute atomic E-state index is 0.351. The molecule has 0 spiro atoms. The molecule has 0 saturated carbocycles. The van der Waals surface area contributed by atoms with Crippen LogP contribution in [-0.4, -0.2) is 19.3 Å². The molecular formula is C27H25NO2S. The molecule has 0 saturated heterocycles. The topological polar surface area (TPSA) is 37.4 Å². The van der Waals surface area contributed by atoms with Gasteiger partial charge in [0.15, 0.2) is 0 Å². The van der Waals surface area contributed by atoms with Crippen molar-refractivity contribution >= 4 is 42.3 Å². The molecule has 0 aliphatic heterocycles. The first-order valence-corrected chi connectivity index (χ1v) is 12.2. The second-order valence-electron chi connectivity index (χ2n) is 8.23. The van der Waals surface area contributed by atoms with Gasteiger partial charge in [0.05, 0.1) is 4.90 Å². The number of hydrogen-bond donors (Lipinski definition) is 0. The summed E-state index contributed by atoms with van der Waals surface area (Å²) in [5.74, 6) is 0. The standard InChI is InChI=1S/C27H25NO2S/c1-3-17-28(31(29,30)24-14-7-19(2)8-15-24)18-23-12-11-22-10-9-20-5-4-6-21-13-16-25(23)27(22)26(20)21/h4-16H,3,17-18H2,1-2H3. The van der Waals surface area contributed by atoms with Gasteiger partial charge in [0, 0.05) is 13.1 Å². The van der Waals surface area contributed by atoms with E-state index in [-0.39, 0.29) is 0 Å². The van der Waals surface area contributed by atoms with Gasteiger partial charge in [-0.05, 0) is 63.4 Å². The van der Waals surface area contributed by atoms with E-state index in [0.29, 0.717) is 18.0 Å². The van der Waals surface area contributed by atoms with Crippen molar-refractivity contribution in [2.24, 2.45) is 0 Å². The number of aryl methyl sites for hydroxylation is 1. The van der Waals surface area contributed by atoms with Gasteiger partial charge in [0.25, 0.3) is 0 Å². The Hall–Kier alpha value is -2.95. The van der Waals surface area contributed by atoms with Crippen molar-refractivity contribution in [3.63, 3.8) is 0 Å². The average molecular weight is 428 g/mol. The number of hydrogen-bond acceptors (Lipinski definition) is 2. The highest BCUT2D eigenvalue weighted by atomic mass is 32.2.